The molecule has 0 radical (unpaired) electrons. The average molecular weight is 402 g/mol. The summed E-state index contributed by atoms with van der Waals surface area (Å²) in [5.41, 5.74) is 0.269. The summed E-state index contributed by atoms with van der Waals surface area (Å²) < 4.78 is 28.5. The minimum atomic E-state index is -3.96. The highest BCUT2D eigenvalue weighted by atomic mass is 32.2. The molecule has 1 aliphatic rings. The first kappa shape index (κ1) is 17.9. The Hall–Kier alpha value is -2.45. The van der Waals surface area contributed by atoms with Crippen LogP contribution in [0, 0.1) is 5.92 Å². The van der Waals surface area contributed by atoms with E-state index >= 15 is 0 Å². The van der Waals surface area contributed by atoms with E-state index in [2.05, 4.69) is 9.71 Å². The predicted octanol–water partition coefficient (Wildman–Crippen LogP) is 3.26. The maximum Gasteiger partial charge on any atom is 0.265 e. The summed E-state index contributed by atoms with van der Waals surface area (Å²) in [6.45, 7) is 0.886. The molecule has 0 aliphatic heterocycles. The SMILES string of the molecule is CN(CC1CC1)c1cc(C(=O)NS(=O)(=O)c2csc3ccccc23)ccn1. The Bertz CT molecular complexity index is 1100. The molecule has 140 valence electrons. The number of aromatic nitrogens is 1. The molecule has 2 aromatic heterocycles. The van der Waals surface area contributed by atoms with Crippen LogP contribution in [0.15, 0.2) is 52.9 Å². The van der Waals surface area contributed by atoms with Gasteiger partial charge in [-0.3, -0.25) is 4.79 Å². The highest BCUT2D eigenvalue weighted by Crippen LogP contribution is 2.31. The minimum Gasteiger partial charge on any atom is -0.359 e. The minimum absolute atomic E-state index is 0.122. The largest absolute Gasteiger partial charge is 0.359 e. The molecule has 27 heavy (non-hydrogen) atoms. The van der Waals surface area contributed by atoms with E-state index in [0.717, 1.165) is 11.2 Å². The second-order valence-electron chi connectivity index (χ2n) is 6.76. The Labute approximate surface area is 161 Å². The van der Waals surface area contributed by atoms with Gasteiger partial charge >= 0.3 is 0 Å². The zero-order valence-electron chi connectivity index (χ0n) is 14.8. The van der Waals surface area contributed by atoms with Gasteiger partial charge in [0, 0.05) is 40.8 Å². The van der Waals surface area contributed by atoms with Crippen LogP contribution in [0.25, 0.3) is 10.1 Å². The van der Waals surface area contributed by atoms with E-state index in [1.54, 1.807) is 23.6 Å². The van der Waals surface area contributed by atoms with Gasteiger partial charge in [0.15, 0.2) is 0 Å². The van der Waals surface area contributed by atoms with Crippen molar-refractivity contribution in [2.75, 3.05) is 18.5 Å². The summed E-state index contributed by atoms with van der Waals surface area (Å²) in [5, 5.41) is 2.17. The van der Waals surface area contributed by atoms with Crippen molar-refractivity contribution < 1.29 is 13.2 Å². The summed E-state index contributed by atoms with van der Waals surface area (Å²) in [4.78, 5) is 19.0. The van der Waals surface area contributed by atoms with Gasteiger partial charge < -0.3 is 4.90 Å². The van der Waals surface area contributed by atoms with Gasteiger partial charge in [-0.25, -0.2) is 18.1 Å². The van der Waals surface area contributed by atoms with E-state index in [4.69, 9.17) is 0 Å². The average Bonchev–Trinajstić information content (AvgIpc) is 3.35. The van der Waals surface area contributed by atoms with E-state index in [1.165, 1.54) is 36.4 Å². The smallest absolute Gasteiger partial charge is 0.265 e. The molecule has 8 heteroatoms. The molecule has 0 spiro atoms. The lowest BCUT2D eigenvalue weighted by Crippen LogP contribution is -2.30. The fourth-order valence-electron chi connectivity index (χ4n) is 2.95. The van der Waals surface area contributed by atoms with Crippen LogP contribution in [0.4, 0.5) is 5.82 Å². The third-order valence-electron chi connectivity index (χ3n) is 4.59. The van der Waals surface area contributed by atoms with Crippen molar-refractivity contribution in [2.24, 2.45) is 5.92 Å². The number of carbonyl (C=O) groups excluding carboxylic acids is 1. The highest BCUT2D eigenvalue weighted by Gasteiger charge is 2.25. The molecule has 1 aromatic carbocycles. The number of anilines is 1. The predicted molar refractivity (Wildman–Crippen MR) is 107 cm³/mol. The van der Waals surface area contributed by atoms with Crippen molar-refractivity contribution in [3.05, 3.63) is 53.5 Å². The molecular weight excluding hydrogens is 382 g/mol. The number of rotatable bonds is 6. The van der Waals surface area contributed by atoms with Gasteiger partial charge in [-0.1, -0.05) is 18.2 Å². The Morgan fingerprint density at radius 3 is 2.85 bits per heavy atom. The van der Waals surface area contributed by atoms with Crippen molar-refractivity contribution >= 4 is 43.2 Å². The van der Waals surface area contributed by atoms with Gasteiger partial charge in [0.1, 0.15) is 10.7 Å². The van der Waals surface area contributed by atoms with E-state index in [-0.39, 0.29) is 10.5 Å². The normalized spacial score (nSPS) is 14.3. The lowest BCUT2D eigenvalue weighted by Gasteiger charge is -2.18. The quantitative estimate of drug-likeness (QED) is 0.686. The molecule has 0 saturated heterocycles. The number of hydrogen-bond acceptors (Lipinski definition) is 6. The number of pyridine rings is 1. The molecule has 2 heterocycles. The van der Waals surface area contributed by atoms with Gasteiger partial charge in [-0.15, -0.1) is 11.3 Å². The second kappa shape index (κ2) is 6.94. The summed E-state index contributed by atoms with van der Waals surface area (Å²) in [6.07, 6.45) is 3.97. The molecule has 4 rings (SSSR count). The fourth-order valence-corrected chi connectivity index (χ4v) is 5.43. The molecule has 1 amide bonds. The van der Waals surface area contributed by atoms with Crippen LogP contribution >= 0.6 is 11.3 Å². The fraction of sp³-hybridized carbons (Fsp3) is 0.263. The lowest BCUT2D eigenvalue weighted by atomic mass is 10.2. The summed E-state index contributed by atoms with van der Waals surface area (Å²) in [7, 11) is -2.03. The Morgan fingerprint density at radius 2 is 2.07 bits per heavy atom. The van der Waals surface area contributed by atoms with E-state index in [1.807, 2.05) is 24.1 Å². The maximum absolute atomic E-state index is 12.7. The Morgan fingerprint density at radius 1 is 1.30 bits per heavy atom. The van der Waals surface area contributed by atoms with Gasteiger partial charge in [0.05, 0.1) is 0 Å². The van der Waals surface area contributed by atoms with Gasteiger partial charge in [0.2, 0.25) is 0 Å². The zero-order chi connectivity index (χ0) is 19.0. The van der Waals surface area contributed by atoms with Gasteiger partial charge in [-0.2, -0.15) is 0 Å². The number of nitrogens with zero attached hydrogens (tertiary/aromatic N) is 2. The third kappa shape index (κ3) is 3.81. The molecule has 0 atom stereocenters. The number of fused-ring (bicyclic) bond motifs is 1. The number of benzene rings is 1. The van der Waals surface area contributed by atoms with Crippen LogP contribution in [0.1, 0.15) is 23.2 Å². The molecule has 0 unspecified atom stereocenters. The van der Waals surface area contributed by atoms with Crippen LogP contribution in [0.2, 0.25) is 0 Å². The zero-order valence-corrected chi connectivity index (χ0v) is 16.4. The van der Waals surface area contributed by atoms with Crippen LogP contribution in [-0.4, -0.2) is 32.9 Å². The maximum atomic E-state index is 12.7. The molecule has 1 aliphatic carbocycles. The standard InChI is InChI=1S/C19H19N3O3S2/c1-22(11-13-6-7-13)18-10-14(8-9-20-18)19(23)21-27(24,25)17-12-26-16-5-3-2-4-15(16)17/h2-5,8-10,12-13H,6-7,11H2,1H3,(H,21,23). The molecule has 1 N–H and O–H groups in total. The van der Waals surface area contributed by atoms with Crippen LogP contribution in [-0.2, 0) is 10.0 Å². The summed E-state index contributed by atoms with van der Waals surface area (Å²) >= 11 is 1.33. The topological polar surface area (TPSA) is 79.4 Å². The monoisotopic (exact) mass is 401 g/mol. The first-order valence-corrected chi connectivity index (χ1v) is 11.0. The number of hydrogen-bond donors (Lipinski definition) is 1. The molecule has 3 aromatic rings. The highest BCUT2D eigenvalue weighted by molar-refractivity contribution is 7.90. The Balaban J connectivity index is 1.56. The first-order chi connectivity index (χ1) is 12.9. The molecule has 1 fully saturated rings. The van der Waals surface area contributed by atoms with E-state index in [0.29, 0.717) is 17.1 Å². The lowest BCUT2D eigenvalue weighted by molar-refractivity contribution is 0.0981. The number of sulfonamides is 1. The summed E-state index contributed by atoms with van der Waals surface area (Å²) in [5.74, 6) is 0.684. The second-order valence-corrected chi connectivity index (χ2v) is 9.32. The van der Waals surface area contributed by atoms with Crippen molar-refractivity contribution in [1.82, 2.24) is 9.71 Å². The molecule has 6 nitrogen and oxygen atoms in total. The van der Waals surface area contributed by atoms with Gasteiger partial charge in [0.25, 0.3) is 15.9 Å². The van der Waals surface area contributed by atoms with E-state index < -0.39 is 15.9 Å². The van der Waals surface area contributed by atoms with Crippen molar-refractivity contribution in [3.63, 3.8) is 0 Å². The van der Waals surface area contributed by atoms with Crippen molar-refractivity contribution in [1.29, 1.82) is 0 Å². The van der Waals surface area contributed by atoms with Crippen LogP contribution in [0.5, 0.6) is 0 Å². The summed E-state index contributed by atoms with van der Waals surface area (Å²) in [6, 6.07) is 10.4. The van der Waals surface area contributed by atoms with Crippen LogP contribution in [0.3, 0.4) is 0 Å². The third-order valence-corrected chi connectivity index (χ3v) is 7.07. The number of thiophene rings is 1. The van der Waals surface area contributed by atoms with Crippen LogP contribution < -0.4 is 9.62 Å². The van der Waals surface area contributed by atoms with Crippen molar-refractivity contribution in [2.45, 2.75) is 17.7 Å². The van der Waals surface area contributed by atoms with E-state index in [9.17, 15) is 13.2 Å². The first-order valence-electron chi connectivity index (χ1n) is 8.64. The van der Waals surface area contributed by atoms with Crippen molar-refractivity contribution in [3.8, 4) is 0 Å². The molecule has 1 saturated carbocycles. The Kier molecular flexibility index (Phi) is 4.61. The number of nitrogens with one attached hydrogen (secondary N) is 1. The van der Waals surface area contributed by atoms with Gasteiger partial charge in [-0.05, 0) is 37.0 Å². The number of amides is 1. The number of carbonyl (C=O) groups is 1. The molecule has 0 bridgehead atoms. The molecular formula is C19H19N3O3S2.